The zero-order chi connectivity index (χ0) is 14.8. The average Bonchev–Trinajstić information content (AvgIpc) is 3.20. The number of aliphatic hydroxyl groups excluding tert-OH is 1. The Morgan fingerprint density at radius 2 is 2.14 bits per heavy atom. The minimum absolute atomic E-state index is 0.142. The molecule has 1 fully saturated rings. The fourth-order valence-electron chi connectivity index (χ4n) is 2.30. The van der Waals surface area contributed by atoms with Gasteiger partial charge in [-0.1, -0.05) is 23.7 Å². The van der Waals surface area contributed by atoms with Gasteiger partial charge in [0.1, 0.15) is 12.4 Å². The summed E-state index contributed by atoms with van der Waals surface area (Å²) in [7, 11) is 0. The van der Waals surface area contributed by atoms with Crippen LogP contribution in [0.5, 0.6) is 0 Å². The second kappa shape index (κ2) is 5.92. The van der Waals surface area contributed by atoms with E-state index in [0.29, 0.717) is 17.3 Å². The zero-order valence-corrected chi connectivity index (χ0v) is 12.2. The van der Waals surface area contributed by atoms with Gasteiger partial charge in [0.25, 0.3) is 5.91 Å². The van der Waals surface area contributed by atoms with Gasteiger partial charge in [0.15, 0.2) is 5.76 Å². The lowest BCUT2D eigenvalue weighted by molar-refractivity contribution is 0.0692. The Morgan fingerprint density at radius 3 is 2.76 bits per heavy atom. The van der Waals surface area contributed by atoms with Crippen LogP contribution >= 0.6 is 11.6 Å². The van der Waals surface area contributed by atoms with E-state index >= 15 is 0 Å². The molecule has 0 saturated heterocycles. The number of aliphatic hydroxyl groups is 1. The van der Waals surface area contributed by atoms with Crippen LogP contribution in [0.1, 0.15) is 34.7 Å². The first kappa shape index (κ1) is 14.2. The predicted molar refractivity (Wildman–Crippen MR) is 79.0 cm³/mol. The molecule has 21 heavy (non-hydrogen) atoms. The Balaban J connectivity index is 1.79. The maximum Gasteiger partial charge on any atom is 0.290 e. The molecular weight excluding hydrogens is 290 g/mol. The number of nitrogens with zero attached hydrogens (tertiary/aromatic N) is 1. The molecule has 1 saturated carbocycles. The van der Waals surface area contributed by atoms with Gasteiger partial charge in [0, 0.05) is 17.6 Å². The van der Waals surface area contributed by atoms with Gasteiger partial charge >= 0.3 is 0 Å². The van der Waals surface area contributed by atoms with Crippen molar-refractivity contribution in [3.63, 3.8) is 0 Å². The highest BCUT2D eigenvalue weighted by atomic mass is 35.5. The minimum atomic E-state index is -0.203. The summed E-state index contributed by atoms with van der Waals surface area (Å²) in [5.41, 5.74) is 0.997. The normalized spacial score (nSPS) is 14.2. The topological polar surface area (TPSA) is 53.7 Å². The fraction of sp³-hybridized carbons (Fsp3) is 0.312. The van der Waals surface area contributed by atoms with Gasteiger partial charge in [-0.25, -0.2) is 0 Å². The number of hydrogen-bond acceptors (Lipinski definition) is 3. The molecule has 3 rings (SSSR count). The van der Waals surface area contributed by atoms with Crippen LogP contribution in [0, 0.1) is 0 Å². The third-order valence-electron chi connectivity index (χ3n) is 3.52. The largest absolute Gasteiger partial charge is 0.453 e. The van der Waals surface area contributed by atoms with Crippen molar-refractivity contribution in [2.45, 2.75) is 32.0 Å². The van der Waals surface area contributed by atoms with E-state index in [0.717, 1.165) is 18.4 Å². The Morgan fingerprint density at radius 1 is 1.33 bits per heavy atom. The van der Waals surface area contributed by atoms with E-state index in [2.05, 4.69) is 0 Å². The molecule has 1 N–H and O–H groups in total. The molecule has 1 aromatic heterocycles. The molecule has 4 nitrogen and oxygen atoms in total. The molecular formula is C16H16ClNO3. The number of carbonyl (C=O) groups excluding carboxylic acids is 1. The van der Waals surface area contributed by atoms with Crippen LogP contribution in [0.3, 0.4) is 0 Å². The van der Waals surface area contributed by atoms with Gasteiger partial charge in [0.2, 0.25) is 0 Å². The first-order chi connectivity index (χ1) is 10.2. The van der Waals surface area contributed by atoms with Gasteiger partial charge < -0.3 is 14.4 Å². The average molecular weight is 306 g/mol. The fourth-order valence-corrected chi connectivity index (χ4v) is 2.52. The van der Waals surface area contributed by atoms with Crippen molar-refractivity contribution in [2.75, 3.05) is 0 Å². The van der Waals surface area contributed by atoms with E-state index in [9.17, 15) is 4.79 Å². The van der Waals surface area contributed by atoms with E-state index in [1.165, 1.54) is 0 Å². The van der Waals surface area contributed by atoms with Crippen molar-refractivity contribution < 1.29 is 14.3 Å². The molecule has 1 aliphatic carbocycles. The van der Waals surface area contributed by atoms with E-state index in [1.54, 1.807) is 12.1 Å². The number of hydrogen-bond donors (Lipinski definition) is 1. The number of amides is 1. The number of furan rings is 1. The van der Waals surface area contributed by atoms with E-state index < -0.39 is 0 Å². The van der Waals surface area contributed by atoms with Gasteiger partial charge in [-0.2, -0.15) is 0 Å². The molecule has 1 heterocycles. The van der Waals surface area contributed by atoms with E-state index in [-0.39, 0.29) is 24.3 Å². The van der Waals surface area contributed by atoms with Gasteiger partial charge in [-0.15, -0.1) is 0 Å². The molecule has 0 atom stereocenters. The van der Waals surface area contributed by atoms with Crippen molar-refractivity contribution in [3.8, 4) is 0 Å². The van der Waals surface area contributed by atoms with Crippen LogP contribution in [0.25, 0.3) is 0 Å². The molecule has 0 unspecified atom stereocenters. The van der Waals surface area contributed by atoms with Crippen molar-refractivity contribution >= 4 is 17.5 Å². The summed E-state index contributed by atoms with van der Waals surface area (Å²) in [6.45, 7) is 0.310. The Hall–Kier alpha value is -1.78. The van der Waals surface area contributed by atoms with Crippen molar-refractivity contribution in [1.29, 1.82) is 0 Å². The monoisotopic (exact) mass is 305 g/mol. The van der Waals surface area contributed by atoms with Crippen molar-refractivity contribution in [3.05, 3.63) is 58.5 Å². The summed E-state index contributed by atoms with van der Waals surface area (Å²) < 4.78 is 5.35. The van der Waals surface area contributed by atoms with Crippen LogP contribution in [-0.4, -0.2) is 22.0 Å². The lowest BCUT2D eigenvalue weighted by Gasteiger charge is -2.21. The third-order valence-corrected chi connectivity index (χ3v) is 3.75. The molecule has 0 spiro atoms. The first-order valence-electron chi connectivity index (χ1n) is 6.92. The maximum atomic E-state index is 12.6. The Bertz CT molecular complexity index is 648. The molecule has 1 aliphatic rings. The van der Waals surface area contributed by atoms with Crippen LogP contribution < -0.4 is 0 Å². The number of rotatable bonds is 5. The van der Waals surface area contributed by atoms with Gasteiger partial charge in [0.05, 0.1) is 0 Å². The van der Waals surface area contributed by atoms with Crippen LogP contribution in [-0.2, 0) is 13.2 Å². The molecule has 1 aromatic carbocycles. The number of benzene rings is 1. The quantitative estimate of drug-likeness (QED) is 0.922. The predicted octanol–water partition coefficient (Wildman–Crippen LogP) is 3.23. The van der Waals surface area contributed by atoms with Gasteiger partial charge in [-0.05, 0) is 42.7 Å². The summed E-state index contributed by atoms with van der Waals surface area (Å²) in [5.74, 6) is 0.530. The lowest BCUT2D eigenvalue weighted by atomic mass is 10.2. The molecule has 0 bridgehead atoms. The summed E-state index contributed by atoms with van der Waals surface area (Å²) in [4.78, 5) is 14.4. The van der Waals surface area contributed by atoms with Crippen molar-refractivity contribution in [1.82, 2.24) is 4.90 Å². The van der Waals surface area contributed by atoms with Crippen molar-refractivity contribution in [2.24, 2.45) is 0 Å². The van der Waals surface area contributed by atoms with E-state index in [1.807, 2.05) is 29.2 Å². The summed E-state index contributed by atoms with van der Waals surface area (Å²) in [6, 6.07) is 11.0. The molecule has 0 aliphatic heterocycles. The smallest absolute Gasteiger partial charge is 0.290 e. The molecule has 110 valence electrons. The SMILES string of the molecule is O=C(c1ccc(CO)o1)N(Cc1cccc(Cl)c1)C1CC1. The molecule has 5 heteroatoms. The molecule has 1 amide bonds. The molecule has 2 aromatic rings. The maximum absolute atomic E-state index is 12.6. The Kier molecular flexibility index (Phi) is 3.99. The second-order valence-electron chi connectivity index (χ2n) is 5.22. The van der Waals surface area contributed by atoms with Crippen LogP contribution in [0.2, 0.25) is 5.02 Å². The van der Waals surface area contributed by atoms with Crippen LogP contribution in [0.15, 0.2) is 40.8 Å². The highest BCUT2D eigenvalue weighted by molar-refractivity contribution is 6.30. The Labute approximate surface area is 127 Å². The third kappa shape index (κ3) is 3.28. The first-order valence-corrected chi connectivity index (χ1v) is 7.30. The second-order valence-corrected chi connectivity index (χ2v) is 5.65. The summed E-state index contributed by atoms with van der Waals surface area (Å²) in [6.07, 6.45) is 2.03. The standard InChI is InChI=1S/C16H16ClNO3/c17-12-3-1-2-11(8-12)9-18(13-4-5-13)16(20)15-7-6-14(10-19)21-15/h1-3,6-8,13,19H,4-5,9-10H2. The zero-order valence-electron chi connectivity index (χ0n) is 11.5. The van der Waals surface area contributed by atoms with E-state index in [4.69, 9.17) is 21.1 Å². The van der Waals surface area contributed by atoms with Gasteiger partial charge in [-0.3, -0.25) is 4.79 Å². The summed E-state index contributed by atoms with van der Waals surface area (Å²) >= 11 is 5.99. The highest BCUT2D eigenvalue weighted by Gasteiger charge is 2.34. The summed E-state index contributed by atoms with van der Waals surface area (Å²) in [5, 5.41) is 9.69. The molecule has 0 radical (unpaired) electrons. The number of carbonyl (C=O) groups is 1. The lowest BCUT2D eigenvalue weighted by Crippen LogP contribution is -2.32. The minimum Gasteiger partial charge on any atom is -0.453 e. The van der Waals surface area contributed by atoms with Crippen LogP contribution in [0.4, 0.5) is 0 Å². The highest BCUT2D eigenvalue weighted by Crippen LogP contribution is 2.30. The number of halogens is 1.